The van der Waals surface area contributed by atoms with Crippen molar-refractivity contribution in [3.8, 4) is 12.1 Å². The predicted molar refractivity (Wildman–Crippen MR) is 111 cm³/mol. The molecule has 30 heavy (non-hydrogen) atoms. The van der Waals surface area contributed by atoms with E-state index in [9.17, 15) is 9.70 Å². The van der Waals surface area contributed by atoms with Crippen LogP contribution in [0.4, 0.5) is 17.3 Å². The van der Waals surface area contributed by atoms with E-state index in [1.807, 2.05) is 6.92 Å². The minimum atomic E-state index is -0.517. The van der Waals surface area contributed by atoms with Gasteiger partial charge < -0.3 is 20.1 Å². The van der Waals surface area contributed by atoms with Crippen LogP contribution in [0.3, 0.4) is 0 Å². The van der Waals surface area contributed by atoms with Crippen molar-refractivity contribution in [2.45, 2.75) is 33.2 Å². The second-order valence-electron chi connectivity index (χ2n) is 6.33. The molecule has 0 unspecified atom stereocenters. The third kappa shape index (κ3) is 6.13. The van der Waals surface area contributed by atoms with Crippen molar-refractivity contribution in [3.63, 3.8) is 0 Å². The summed E-state index contributed by atoms with van der Waals surface area (Å²) in [6, 6.07) is 8.91. The molecular weight excluding hydrogens is 388 g/mol. The number of carbonyl (C=O) groups is 1. The number of nitrogens with two attached hydrogens (primary N) is 1. The summed E-state index contributed by atoms with van der Waals surface area (Å²) < 4.78 is 10.6. The second-order valence-corrected chi connectivity index (χ2v) is 6.33. The summed E-state index contributed by atoms with van der Waals surface area (Å²) in [6.45, 7) is 4.23. The molecule has 0 saturated carbocycles. The van der Waals surface area contributed by atoms with Crippen molar-refractivity contribution in [1.29, 1.82) is 5.26 Å². The Hall–Kier alpha value is -3.74. The monoisotopic (exact) mass is 412 g/mol. The maximum Gasteiger partial charge on any atom is 0.325 e. The zero-order chi connectivity index (χ0) is 21.9. The van der Waals surface area contributed by atoms with Gasteiger partial charge >= 0.3 is 12.0 Å². The van der Waals surface area contributed by atoms with Crippen molar-refractivity contribution >= 4 is 23.3 Å². The number of esters is 1. The van der Waals surface area contributed by atoms with E-state index in [0.29, 0.717) is 12.2 Å². The molecule has 0 aliphatic rings. The molecule has 1 aromatic carbocycles. The van der Waals surface area contributed by atoms with Gasteiger partial charge in [0.15, 0.2) is 17.3 Å². The fourth-order valence-corrected chi connectivity index (χ4v) is 2.65. The Balaban J connectivity index is 2.45. The normalized spacial score (nSPS) is 10.2. The summed E-state index contributed by atoms with van der Waals surface area (Å²) in [5, 5.41) is 12.1. The largest absolute Gasteiger partial charge is 0.465 e. The summed E-state index contributed by atoms with van der Waals surface area (Å²) in [5.74, 6) is -0.614. The zero-order valence-electron chi connectivity index (χ0n) is 17.0. The lowest BCUT2D eigenvalue weighted by molar-refractivity contribution is -0.141. The number of hydrogen-bond donors (Lipinski definition) is 1. The van der Waals surface area contributed by atoms with Gasteiger partial charge in [0.2, 0.25) is 0 Å². The van der Waals surface area contributed by atoms with Crippen molar-refractivity contribution < 1.29 is 14.3 Å². The second kappa shape index (κ2) is 11.3. The molecule has 10 nitrogen and oxygen atoms in total. The van der Waals surface area contributed by atoms with Gasteiger partial charge in [-0.25, -0.2) is 0 Å². The number of unbranched alkanes of at least 4 members (excludes halogenated alkanes) is 1. The smallest absolute Gasteiger partial charge is 0.325 e. The van der Waals surface area contributed by atoms with E-state index in [1.54, 1.807) is 31.2 Å². The Bertz CT molecular complexity index is 928. The van der Waals surface area contributed by atoms with Crippen molar-refractivity contribution in [3.05, 3.63) is 40.3 Å². The van der Waals surface area contributed by atoms with Gasteiger partial charge in [-0.05, 0) is 36.2 Å². The van der Waals surface area contributed by atoms with E-state index in [1.165, 1.54) is 4.90 Å². The highest BCUT2D eigenvalue weighted by molar-refractivity contribution is 5.80. The topological polar surface area (TPSA) is 144 Å². The number of aromatic nitrogens is 2. The molecule has 0 aliphatic heterocycles. The van der Waals surface area contributed by atoms with E-state index < -0.39 is 5.97 Å². The lowest BCUT2D eigenvalue weighted by Gasteiger charge is -2.24. The number of nitrogen functional groups attached to an aromatic ring is 1. The molecule has 0 radical (unpaired) electrons. The number of nitrogens with zero attached hydrogens (tertiary/aromatic N) is 5. The molecule has 0 fully saturated rings. The highest BCUT2D eigenvalue weighted by atomic mass is 16.5. The first-order valence-electron chi connectivity index (χ1n) is 9.55. The molecule has 1 aromatic heterocycles. The molecule has 0 spiro atoms. The van der Waals surface area contributed by atoms with Crippen molar-refractivity contribution in [1.82, 2.24) is 9.97 Å². The van der Waals surface area contributed by atoms with Crippen LogP contribution in [0.1, 0.15) is 37.8 Å². The average molecular weight is 412 g/mol. The number of hydrogen-bond acceptors (Lipinski definition) is 10. The minimum absolute atomic E-state index is 0.0111. The maximum atomic E-state index is 12.2. The van der Waals surface area contributed by atoms with Crippen LogP contribution in [0.15, 0.2) is 29.4 Å². The molecule has 10 heteroatoms. The van der Waals surface area contributed by atoms with Crippen LogP contribution in [0, 0.1) is 16.2 Å². The van der Waals surface area contributed by atoms with Gasteiger partial charge in [0.1, 0.15) is 6.54 Å². The fraction of sp³-hybridized carbons (Fsp3) is 0.400. The van der Waals surface area contributed by atoms with Crippen LogP contribution in [-0.4, -0.2) is 35.7 Å². The van der Waals surface area contributed by atoms with Crippen LogP contribution >= 0.6 is 0 Å². The van der Waals surface area contributed by atoms with E-state index in [4.69, 9.17) is 20.5 Å². The Morgan fingerprint density at radius 2 is 2.13 bits per heavy atom. The summed E-state index contributed by atoms with van der Waals surface area (Å²) in [7, 11) is 0. The minimum Gasteiger partial charge on any atom is -0.465 e. The molecule has 0 bridgehead atoms. The highest BCUT2D eigenvalue weighted by Crippen LogP contribution is 2.34. The SMILES string of the molecule is CCCCOc1nc(N)c(N=O)c(N(CC(=O)OCC)Cc2cccc(C#N)c2)n1. The summed E-state index contributed by atoms with van der Waals surface area (Å²) >= 11 is 0. The van der Waals surface area contributed by atoms with Crippen LogP contribution in [0.5, 0.6) is 6.01 Å². The Morgan fingerprint density at radius 1 is 1.33 bits per heavy atom. The van der Waals surface area contributed by atoms with Crippen molar-refractivity contribution in [2.24, 2.45) is 5.18 Å². The van der Waals surface area contributed by atoms with E-state index >= 15 is 0 Å². The number of rotatable bonds is 11. The molecule has 158 valence electrons. The van der Waals surface area contributed by atoms with E-state index in [-0.39, 0.29) is 43.0 Å². The molecule has 0 aliphatic carbocycles. The number of nitroso groups, excluding NO2 is 1. The lowest BCUT2D eigenvalue weighted by Crippen LogP contribution is -2.31. The Labute approximate surface area is 174 Å². The molecule has 2 aromatic rings. The zero-order valence-corrected chi connectivity index (χ0v) is 17.0. The number of ether oxygens (including phenoxy) is 2. The fourth-order valence-electron chi connectivity index (χ4n) is 2.65. The molecule has 2 N–H and O–H groups in total. The third-order valence-electron chi connectivity index (χ3n) is 4.05. The van der Waals surface area contributed by atoms with Gasteiger partial charge in [-0.2, -0.15) is 15.2 Å². The van der Waals surface area contributed by atoms with Gasteiger partial charge in [0, 0.05) is 6.54 Å². The standard InChI is InChI=1S/C20H24N6O4/c1-3-5-9-30-20-23-18(22)17(25-28)19(24-20)26(13-16(27)29-4-2)12-15-8-6-7-14(10-15)11-21/h6-8,10H,3-5,9,12-13H2,1-2H3,(H2,22,23,24). The lowest BCUT2D eigenvalue weighted by atomic mass is 10.1. The van der Waals surface area contributed by atoms with Crippen LogP contribution in [-0.2, 0) is 16.1 Å². The summed E-state index contributed by atoms with van der Waals surface area (Å²) in [4.78, 5) is 33.4. The van der Waals surface area contributed by atoms with Gasteiger partial charge in [0.05, 0.1) is 24.8 Å². The van der Waals surface area contributed by atoms with Gasteiger partial charge in [0.25, 0.3) is 0 Å². The average Bonchev–Trinajstić information content (AvgIpc) is 2.73. The van der Waals surface area contributed by atoms with Gasteiger partial charge in [-0.15, -0.1) is 4.91 Å². The first-order valence-corrected chi connectivity index (χ1v) is 9.55. The first kappa shape index (κ1) is 22.5. The molecule has 1 heterocycles. The summed E-state index contributed by atoms with van der Waals surface area (Å²) in [6.07, 6.45) is 1.71. The number of nitriles is 1. The third-order valence-corrected chi connectivity index (χ3v) is 4.05. The Morgan fingerprint density at radius 3 is 2.80 bits per heavy atom. The molecule has 0 atom stereocenters. The summed E-state index contributed by atoms with van der Waals surface area (Å²) in [5.41, 5.74) is 6.88. The number of anilines is 2. The maximum absolute atomic E-state index is 12.2. The number of benzene rings is 1. The van der Waals surface area contributed by atoms with Gasteiger partial charge in [-0.3, -0.25) is 4.79 Å². The van der Waals surface area contributed by atoms with E-state index in [2.05, 4.69) is 21.2 Å². The van der Waals surface area contributed by atoms with Crippen LogP contribution in [0.25, 0.3) is 0 Å². The van der Waals surface area contributed by atoms with Crippen LogP contribution in [0.2, 0.25) is 0 Å². The van der Waals surface area contributed by atoms with Gasteiger partial charge in [-0.1, -0.05) is 25.5 Å². The molecular formula is C20H24N6O4. The predicted octanol–water partition coefficient (Wildman–Crippen LogP) is 3.08. The van der Waals surface area contributed by atoms with Crippen LogP contribution < -0.4 is 15.4 Å². The molecule has 0 saturated heterocycles. The highest BCUT2D eigenvalue weighted by Gasteiger charge is 2.23. The quantitative estimate of drug-likeness (QED) is 0.334. The molecule has 2 rings (SSSR count). The first-order chi connectivity index (χ1) is 14.5. The van der Waals surface area contributed by atoms with Crippen molar-refractivity contribution in [2.75, 3.05) is 30.4 Å². The number of carbonyl (C=O) groups excluding carboxylic acids is 1. The Kier molecular flexibility index (Phi) is 8.50. The molecule has 0 amide bonds. The van der Waals surface area contributed by atoms with E-state index in [0.717, 1.165) is 18.4 Å².